The van der Waals surface area contributed by atoms with E-state index in [1.165, 1.54) is 6.07 Å². The lowest BCUT2D eigenvalue weighted by atomic mass is 10.2. The third kappa shape index (κ3) is 3.33. The van der Waals surface area contributed by atoms with E-state index in [4.69, 9.17) is 9.26 Å². The summed E-state index contributed by atoms with van der Waals surface area (Å²) in [4.78, 5) is 11.3. The second-order valence-electron chi connectivity index (χ2n) is 3.52. The average Bonchev–Trinajstić information content (AvgIpc) is 2.31. The van der Waals surface area contributed by atoms with Crippen molar-refractivity contribution in [2.45, 2.75) is 26.4 Å². The second-order valence-corrected chi connectivity index (χ2v) is 4.58. The molecule has 1 rings (SSSR count). The van der Waals surface area contributed by atoms with Gasteiger partial charge in [0.15, 0.2) is 9.46 Å². The minimum atomic E-state index is -0.499. The molecule has 0 unspecified atom stereocenters. The number of hydrogen-bond acceptors (Lipinski definition) is 4. The summed E-state index contributed by atoms with van der Waals surface area (Å²) in [5.74, 6) is -0.459. The molecule has 4 nitrogen and oxygen atoms in total. The van der Waals surface area contributed by atoms with Gasteiger partial charge in [-0.2, -0.15) is 0 Å². The van der Waals surface area contributed by atoms with Crippen molar-refractivity contribution >= 4 is 28.6 Å². The van der Waals surface area contributed by atoms with Crippen molar-refractivity contribution in [2.24, 2.45) is 0 Å². The van der Waals surface area contributed by atoms with Crippen molar-refractivity contribution in [1.29, 1.82) is 0 Å². The molecule has 0 aromatic carbocycles. The van der Waals surface area contributed by atoms with E-state index in [0.29, 0.717) is 3.77 Å². The number of esters is 1. The molecule has 0 saturated heterocycles. The Morgan fingerprint density at radius 2 is 2.23 bits per heavy atom. The monoisotopic (exact) mass is 295 g/mol. The van der Waals surface area contributed by atoms with Crippen LogP contribution in [0.4, 0.5) is 0 Å². The fourth-order valence-corrected chi connectivity index (χ4v) is 1.07. The zero-order chi connectivity index (χ0) is 10.1. The summed E-state index contributed by atoms with van der Waals surface area (Å²) < 4.78 is 10.4. The Hall–Kier alpha value is -0.590. The average molecular weight is 295 g/mol. The van der Waals surface area contributed by atoms with Crippen LogP contribution in [0, 0.1) is 3.77 Å². The fraction of sp³-hybridized carbons (Fsp3) is 0.500. The zero-order valence-electron chi connectivity index (χ0n) is 7.63. The quantitative estimate of drug-likeness (QED) is 0.589. The van der Waals surface area contributed by atoms with Gasteiger partial charge in [-0.15, -0.1) is 0 Å². The number of nitrogens with zero attached hydrogens (tertiary/aromatic N) is 1. The highest BCUT2D eigenvalue weighted by Gasteiger charge is 2.20. The molecule has 1 aromatic heterocycles. The summed E-state index contributed by atoms with van der Waals surface area (Å²) in [7, 11) is 0. The molecule has 0 atom stereocenters. The maximum absolute atomic E-state index is 11.3. The minimum absolute atomic E-state index is 0.208. The minimum Gasteiger partial charge on any atom is -0.455 e. The smallest absolute Gasteiger partial charge is 0.361 e. The molecule has 0 spiro atoms. The summed E-state index contributed by atoms with van der Waals surface area (Å²) in [5, 5.41) is 3.54. The highest BCUT2D eigenvalue weighted by atomic mass is 127. The molecule has 0 aliphatic rings. The number of carbonyl (C=O) groups excluding carboxylic acids is 1. The Balaban J connectivity index is 2.70. The molecule has 0 N–H and O–H groups in total. The Kier molecular flexibility index (Phi) is 2.94. The number of halogens is 1. The van der Waals surface area contributed by atoms with Gasteiger partial charge in [-0.05, 0) is 20.8 Å². The normalized spacial score (nSPS) is 11.4. The van der Waals surface area contributed by atoms with Crippen molar-refractivity contribution in [3.8, 4) is 0 Å². The van der Waals surface area contributed by atoms with Crippen LogP contribution in [0.1, 0.15) is 31.3 Å². The van der Waals surface area contributed by atoms with Crippen LogP contribution in [0.5, 0.6) is 0 Å². The van der Waals surface area contributed by atoms with E-state index >= 15 is 0 Å². The van der Waals surface area contributed by atoms with E-state index in [0.717, 1.165) is 0 Å². The van der Waals surface area contributed by atoms with E-state index in [2.05, 4.69) is 5.16 Å². The summed E-state index contributed by atoms with van der Waals surface area (Å²) in [6.45, 7) is 5.40. The highest BCUT2D eigenvalue weighted by molar-refractivity contribution is 14.1. The molecule has 13 heavy (non-hydrogen) atoms. The molecule has 1 aromatic rings. The van der Waals surface area contributed by atoms with Gasteiger partial charge in [0.1, 0.15) is 5.60 Å². The van der Waals surface area contributed by atoms with Crippen LogP contribution in [0.25, 0.3) is 0 Å². The number of ether oxygens (including phenoxy) is 1. The first-order chi connectivity index (χ1) is 5.88. The molecule has 0 fully saturated rings. The molecule has 0 amide bonds. The van der Waals surface area contributed by atoms with Crippen molar-refractivity contribution in [1.82, 2.24) is 5.16 Å². The van der Waals surface area contributed by atoms with Gasteiger partial charge < -0.3 is 9.26 Å². The third-order valence-electron chi connectivity index (χ3n) is 1.09. The number of hydrogen-bond donors (Lipinski definition) is 0. The van der Waals surface area contributed by atoms with Crippen LogP contribution >= 0.6 is 22.6 Å². The van der Waals surface area contributed by atoms with Crippen LogP contribution in [0.15, 0.2) is 10.6 Å². The van der Waals surface area contributed by atoms with Gasteiger partial charge in [0.2, 0.25) is 0 Å². The Morgan fingerprint density at radius 1 is 1.62 bits per heavy atom. The molecule has 1 heterocycles. The van der Waals surface area contributed by atoms with Crippen LogP contribution in [0.3, 0.4) is 0 Å². The largest absolute Gasteiger partial charge is 0.455 e. The van der Waals surface area contributed by atoms with Crippen LogP contribution in [0.2, 0.25) is 0 Å². The molecule has 0 bridgehead atoms. The van der Waals surface area contributed by atoms with Gasteiger partial charge in [0.25, 0.3) is 0 Å². The van der Waals surface area contributed by atoms with Gasteiger partial charge >= 0.3 is 5.97 Å². The molecular formula is C8H10INO3. The zero-order valence-corrected chi connectivity index (χ0v) is 9.78. The Morgan fingerprint density at radius 3 is 2.62 bits per heavy atom. The Labute approximate surface area is 89.8 Å². The van der Waals surface area contributed by atoms with E-state index in [9.17, 15) is 4.79 Å². The molecular weight excluding hydrogens is 285 g/mol. The molecule has 0 aliphatic heterocycles. The van der Waals surface area contributed by atoms with Crippen molar-refractivity contribution < 1.29 is 14.1 Å². The number of carbonyl (C=O) groups is 1. The standard InChI is InChI=1S/C8H10INO3/c1-8(2,3)12-7(11)5-4-6(9)13-10-5/h4H,1-3H3. The first-order valence-corrected chi connectivity index (χ1v) is 4.82. The summed E-state index contributed by atoms with van der Waals surface area (Å²) in [5.41, 5.74) is -0.291. The van der Waals surface area contributed by atoms with Gasteiger partial charge in [-0.3, -0.25) is 0 Å². The summed E-state index contributed by atoms with van der Waals surface area (Å²) in [6, 6.07) is 1.54. The lowest BCUT2D eigenvalue weighted by Crippen LogP contribution is -2.24. The van der Waals surface area contributed by atoms with Crippen molar-refractivity contribution in [2.75, 3.05) is 0 Å². The number of aromatic nitrogens is 1. The SMILES string of the molecule is CC(C)(C)OC(=O)c1cc(I)on1. The molecule has 0 aliphatic carbocycles. The van der Waals surface area contributed by atoms with Gasteiger partial charge in [0.05, 0.1) is 0 Å². The molecule has 72 valence electrons. The fourth-order valence-electron chi connectivity index (χ4n) is 0.680. The maximum Gasteiger partial charge on any atom is 0.361 e. The lowest BCUT2D eigenvalue weighted by Gasteiger charge is -2.18. The van der Waals surface area contributed by atoms with Crippen LogP contribution in [-0.2, 0) is 4.74 Å². The van der Waals surface area contributed by atoms with Gasteiger partial charge in [-0.1, -0.05) is 5.16 Å². The summed E-state index contributed by atoms with van der Waals surface area (Å²) in [6.07, 6.45) is 0. The van der Waals surface area contributed by atoms with E-state index < -0.39 is 11.6 Å². The molecule has 5 heteroatoms. The third-order valence-corrected chi connectivity index (χ3v) is 1.60. The topological polar surface area (TPSA) is 52.3 Å². The number of rotatable bonds is 1. The summed E-state index contributed by atoms with van der Waals surface area (Å²) >= 11 is 1.93. The van der Waals surface area contributed by atoms with Gasteiger partial charge in [-0.25, -0.2) is 4.79 Å². The van der Waals surface area contributed by atoms with Crippen molar-refractivity contribution in [3.05, 3.63) is 15.5 Å². The first-order valence-electron chi connectivity index (χ1n) is 3.74. The second kappa shape index (κ2) is 3.65. The van der Waals surface area contributed by atoms with E-state index in [1.807, 2.05) is 22.6 Å². The highest BCUT2D eigenvalue weighted by Crippen LogP contribution is 2.12. The molecule has 0 saturated carbocycles. The van der Waals surface area contributed by atoms with Gasteiger partial charge in [0, 0.05) is 28.7 Å². The van der Waals surface area contributed by atoms with Crippen LogP contribution in [-0.4, -0.2) is 16.7 Å². The lowest BCUT2D eigenvalue weighted by molar-refractivity contribution is 0.00588. The van der Waals surface area contributed by atoms with Crippen molar-refractivity contribution in [3.63, 3.8) is 0 Å². The first kappa shape index (κ1) is 10.5. The molecule has 0 radical (unpaired) electrons. The predicted molar refractivity (Wildman–Crippen MR) is 54.4 cm³/mol. The van der Waals surface area contributed by atoms with E-state index in [-0.39, 0.29) is 5.69 Å². The van der Waals surface area contributed by atoms with Crippen LogP contribution < -0.4 is 0 Å². The Bertz CT molecular complexity index is 313. The van der Waals surface area contributed by atoms with E-state index in [1.54, 1.807) is 20.8 Å². The maximum atomic E-state index is 11.3. The predicted octanol–water partition coefficient (Wildman–Crippen LogP) is 2.23.